The monoisotopic (exact) mass is 223 g/mol. The third kappa shape index (κ3) is 3.82. The molecule has 1 aliphatic rings. The Hall–Kier alpha value is -1.08. The summed E-state index contributed by atoms with van der Waals surface area (Å²) < 4.78 is 0. The Kier molecular flexibility index (Phi) is 4.31. The number of hydrogen-bond acceptors (Lipinski definition) is 3. The highest BCUT2D eigenvalue weighted by atomic mass is 16.1. The standard InChI is InChI=1S/C12H21N3O/c1-12(2,7-13)8-15-11(16)9-3-5-10(14)6-4-9/h9-10H,3-6,8,14H2,1-2H3,(H,15,16). The molecular formula is C12H21N3O. The third-order valence-electron chi connectivity index (χ3n) is 3.15. The summed E-state index contributed by atoms with van der Waals surface area (Å²) in [7, 11) is 0. The van der Waals surface area contributed by atoms with E-state index in [4.69, 9.17) is 11.0 Å². The van der Waals surface area contributed by atoms with Crippen LogP contribution in [0.4, 0.5) is 0 Å². The Morgan fingerprint density at radius 1 is 1.44 bits per heavy atom. The number of nitriles is 1. The highest BCUT2D eigenvalue weighted by molar-refractivity contribution is 5.78. The maximum atomic E-state index is 11.8. The molecule has 0 saturated heterocycles. The molecule has 0 unspecified atom stereocenters. The number of carbonyl (C=O) groups is 1. The molecule has 1 aliphatic carbocycles. The first-order valence-electron chi connectivity index (χ1n) is 5.89. The van der Waals surface area contributed by atoms with Gasteiger partial charge in [0.15, 0.2) is 0 Å². The Morgan fingerprint density at radius 2 is 2.00 bits per heavy atom. The fraction of sp³-hybridized carbons (Fsp3) is 0.833. The SMILES string of the molecule is CC(C)(C#N)CNC(=O)C1CCC(N)CC1. The maximum absolute atomic E-state index is 11.8. The molecule has 16 heavy (non-hydrogen) atoms. The van der Waals surface area contributed by atoms with Crippen molar-refractivity contribution < 1.29 is 4.79 Å². The molecule has 0 bridgehead atoms. The second-order valence-corrected chi connectivity index (χ2v) is 5.33. The van der Waals surface area contributed by atoms with Crippen molar-refractivity contribution in [2.75, 3.05) is 6.54 Å². The van der Waals surface area contributed by atoms with Crippen LogP contribution in [0.25, 0.3) is 0 Å². The van der Waals surface area contributed by atoms with E-state index in [1.807, 2.05) is 13.8 Å². The zero-order chi connectivity index (χ0) is 12.2. The van der Waals surface area contributed by atoms with Gasteiger partial charge in [0.2, 0.25) is 5.91 Å². The quantitative estimate of drug-likeness (QED) is 0.753. The lowest BCUT2D eigenvalue weighted by atomic mass is 9.85. The van der Waals surface area contributed by atoms with Crippen LogP contribution < -0.4 is 11.1 Å². The molecule has 1 amide bonds. The van der Waals surface area contributed by atoms with Gasteiger partial charge in [0.05, 0.1) is 11.5 Å². The van der Waals surface area contributed by atoms with E-state index in [9.17, 15) is 4.79 Å². The van der Waals surface area contributed by atoms with E-state index >= 15 is 0 Å². The second kappa shape index (κ2) is 5.31. The fourth-order valence-corrected chi connectivity index (χ4v) is 1.87. The third-order valence-corrected chi connectivity index (χ3v) is 3.15. The van der Waals surface area contributed by atoms with Crippen LogP contribution in [-0.2, 0) is 4.79 Å². The summed E-state index contributed by atoms with van der Waals surface area (Å²) in [6.07, 6.45) is 3.61. The molecule has 0 aromatic carbocycles. The van der Waals surface area contributed by atoms with E-state index in [-0.39, 0.29) is 17.9 Å². The minimum absolute atomic E-state index is 0.0789. The van der Waals surface area contributed by atoms with Gasteiger partial charge in [0.1, 0.15) is 0 Å². The topological polar surface area (TPSA) is 78.9 Å². The summed E-state index contributed by atoms with van der Waals surface area (Å²) in [6, 6.07) is 2.44. The van der Waals surface area contributed by atoms with Gasteiger partial charge in [-0.25, -0.2) is 0 Å². The highest BCUT2D eigenvalue weighted by Crippen LogP contribution is 2.23. The number of amides is 1. The Balaban J connectivity index is 2.34. The molecule has 0 aromatic rings. The molecule has 0 radical (unpaired) electrons. The van der Waals surface area contributed by atoms with Crippen LogP contribution in [0, 0.1) is 22.7 Å². The zero-order valence-corrected chi connectivity index (χ0v) is 10.1. The van der Waals surface area contributed by atoms with Crippen molar-refractivity contribution in [3.8, 4) is 6.07 Å². The summed E-state index contributed by atoms with van der Waals surface area (Å²) in [4.78, 5) is 11.8. The van der Waals surface area contributed by atoms with E-state index in [0.29, 0.717) is 6.54 Å². The van der Waals surface area contributed by atoms with E-state index in [2.05, 4.69) is 11.4 Å². The molecule has 1 fully saturated rings. The van der Waals surface area contributed by atoms with Crippen molar-refractivity contribution >= 4 is 5.91 Å². The Labute approximate surface area is 97.2 Å². The van der Waals surface area contributed by atoms with Gasteiger partial charge in [0, 0.05) is 18.5 Å². The van der Waals surface area contributed by atoms with Crippen LogP contribution in [0.3, 0.4) is 0 Å². The molecule has 1 saturated carbocycles. The molecule has 4 heteroatoms. The molecule has 0 heterocycles. The van der Waals surface area contributed by atoms with Crippen LogP contribution in [-0.4, -0.2) is 18.5 Å². The number of nitrogens with zero attached hydrogens (tertiary/aromatic N) is 1. The van der Waals surface area contributed by atoms with Gasteiger partial charge in [-0.05, 0) is 39.5 Å². The number of rotatable bonds is 3. The smallest absolute Gasteiger partial charge is 0.223 e. The van der Waals surface area contributed by atoms with Crippen LogP contribution in [0.15, 0.2) is 0 Å². The maximum Gasteiger partial charge on any atom is 0.223 e. The minimum atomic E-state index is -0.485. The second-order valence-electron chi connectivity index (χ2n) is 5.33. The van der Waals surface area contributed by atoms with Crippen LogP contribution >= 0.6 is 0 Å². The Bertz CT molecular complexity index is 285. The van der Waals surface area contributed by atoms with Crippen molar-refractivity contribution in [1.82, 2.24) is 5.32 Å². The number of nitrogens with two attached hydrogens (primary N) is 1. The lowest BCUT2D eigenvalue weighted by molar-refractivity contribution is -0.126. The summed E-state index contributed by atoms with van der Waals surface area (Å²) in [6.45, 7) is 4.07. The first-order valence-corrected chi connectivity index (χ1v) is 5.89. The van der Waals surface area contributed by atoms with Gasteiger partial charge in [-0.2, -0.15) is 5.26 Å². The number of hydrogen-bond donors (Lipinski definition) is 2. The van der Waals surface area contributed by atoms with Crippen molar-refractivity contribution in [1.29, 1.82) is 5.26 Å². The highest BCUT2D eigenvalue weighted by Gasteiger charge is 2.26. The summed E-state index contributed by atoms with van der Waals surface area (Å²) in [5, 5.41) is 11.7. The molecule has 3 N–H and O–H groups in total. The zero-order valence-electron chi connectivity index (χ0n) is 10.1. The lowest BCUT2D eigenvalue weighted by Gasteiger charge is -2.26. The predicted octanol–water partition coefficient (Wildman–Crippen LogP) is 1.17. The molecule has 90 valence electrons. The largest absolute Gasteiger partial charge is 0.354 e. The first kappa shape index (κ1) is 13.0. The van der Waals surface area contributed by atoms with E-state index in [1.165, 1.54) is 0 Å². The molecular weight excluding hydrogens is 202 g/mol. The van der Waals surface area contributed by atoms with Crippen LogP contribution in [0.2, 0.25) is 0 Å². The minimum Gasteiger partial charge on any atom is -0.354 e. The summed E-state index contributed by atoms with van der Waals surface area (Å²) in [5.41, 5.74) is 5.30. The molecule has 1 rings (SSSR count). The predicted molar refractivity (Wildman–Crippen MR) is 62.3 cm³/mol. The summed E-state index contributed by atoms with van der Waals surface area (Å²) >= 11 is 0. The van der Waals surface area contributed by atoms with Crippen molar-refractivity contribution in [3.63, 3.8) is 0 Å². The average Bonchev–Trinajstić information content (AvgIpc) is 2.27. The van der Waals surface area contributed by atoms with Crippen LogP contribution in [0.1, 0.15) is 39.5 Å². The Morgan fingerprint density at radius 3 is 2.50 bits per heavy atom. The van der Waals surface area contributed by atoms with Gasteiger partial charge < -0.3 is 11.1 Å². The van der Waals surface area contributed by atoms with E-state index in [1.54, 1.807) is 0 Å². The van der Waals surface area contributed by atoms with Crippen molar-refractivity contribution in [3.05, 3.63) is 0 Å². The van der Waals surface area contributed by atoms with Gasteiger partial charge in [0.25, 0.3) is 0 Å². The van der Waals surface area contributed by atoms with E-state index < -0.39 is 5.41 Å². The van der Waals surface area contributed by atoms with E-state index in [0.717, 1.165) is 25.7 Å². The van der Waals surface area contributed by atoms with Gasteiger partial charge in [-0.3, -0.25) is 4.79 Å². The number of nitrogens with one attached hydrogen (secondary N) is 1. The molecule has 0 aromatic heterocycles. The fourth-order valence-electron chi connectivity index (χ4n) is 1.87. The first-order chi connectivity index (χ1) is 7.44. The molecule has 4 nitrogen and oxygen atoms in total. The lowest BCUT2D eigenvalue weighted by Crippen LogP contribution is -2.39. The van der Waals surface area contributed by atoms with Crippen molar-refractivity contribution in [2.24, 2.45) is 17.1 Å². The normalized spacial score (nSPS) is 25.9. The van der Waals surface area contributed by atoms with Crippen molar-refractivity contribution in [2.45, 2.75) is 45.6 Å². The van der Waals surface area contributed by atoms with Gasteiger partial charge in [-0.15, -0.1) is 0 Å². The van der Waals surface area contributed by atoms with Crippen LogP contribution in [0.5, 0.6) is 0 Å². The summed E-state index contributed by atoms with van der Waals surface area (Å²) in [5.74, 6) is 0.171. The van der Waals surface area contributed by atoms with Gasteiger partial charge >= 0.3 is 0 Å². The van der Waals surface area contributed by atoms with Gasteiger partial charge in [-0.1, -0.05) is 0 Å². The molecule has 0 aliphatic heterocycles. The molecule has 0 atom stereocenters. The molecule has 0 spiro atoms. The average molecular weight is 223 g/mol. The number of carbonyl (C=O) groups excluding carboxylic acids is 1.